The Bertz CT molecular complexity index is 604. The Balaban J connectivity index is 1.94. The van der Waals surface area contributed by atoms with Crippen molar-refractivity contribution in [3.05, 3.63) is 64.9 Å². The average molecular weight is 305 g/mol. The van der Waals surface area contributed by atoms with Gasteiger partial charge < -0.3 is 10.4 Å². The molecule has 4 nitrogen and oxygen atoms in total. The highest BCUT2D eigenvalue weighted by atomic mass is 35.5. The molecule has 2 N–H and O–H groups in total. The van der Waals surface area contributed by atoms with Crippen molar-refractivity contribution in [1.29, 1.82) is 0 Å². The summed E-state index contributed by atoms with van der Waals surface area (Å²) in [5.41, 5.74) is 1.26. The Hall–Kier alpha value is -1.91. The summed E-state index contributed by atoms with van der Waals surface area (Å²) < 4.78 is 0. The highest BCUT2D eigenvalue weighted by Crippen LogP contribution is 2.09. The number of amides is 1. The first-order valence-electron chi connectivity index (χ1n) is 6.70. The van der Waals surface area contributed by atoms with Gasteiger partial charge in [-0.1, -0.05) is 41.9 Å². The minimum atomic E-state index is -0.671. The normalized spacial score (nSPS) is 13.5. The van der Waals surface area contributed by atoms with Crippen LogP contribution in [-0.2, 0) is 6.42 Å². The highest BCUT2D eigenvalue weighted by Gasteiger charge is 2.18. The van der Waals surface area contributed by atoms with Crippen molar-refractivity contribution in [2.45, 2.75) is 25.5 Å². The van der Waals surface area contributed by atoms with Crippen LogP contribution in [0.15, 0.2) is 48.7 Å². The lowest BCUT2D eigenvalue weighted by molar-refractivity contribution is 0.0847. The zero-order valence-corrected chi connectivity index (χ0v) is 12.4. The van der Waals surface area contributed by atoms with Gasteiger partial charge in [0.1, 0.15) is 5.69 Å². The summed E-state index contributed by atoms with van der Waals surface area (Å²) in [6.45, 7) is 1.76. The first-order chi connectivity index (χ1) is 10.1. The van der Waals surface area contributed by atoms with Gasteiger partial charge in [-0.25, -0.2) is 0 Å². The second kappa shape index (κ2) is 7.20. The molecule has 0 spiro atoms. The van der Waals surface area contributed by atoms with Crippen LogP contribution < -0.4 is 5.32 Å². The van der Waals surface area contributed by atoms with Gasteiger partial charge in [0.2, 0.25) is 0 Å². The zero-order valence-electron chi connectivity index (χ0n) is 11.7. The third-order valence-electron chi connectivity index (χ3n) is 3.18. The first-order valence-corrected chi connectivity index (χ1v) is 7.08. The van der Waals surface area contributed by atoms with E-state index in [1.807, 2.05) is 30.3 Å². The maximum absolute atomic E-state index is 12.0. The lowest BCUT2D eigenvalue weighted by Crippen LogP contribution is -2.42. The van der Waals surface area contributed by atoms with Gasteiger partial charge in [0.15, 0.2) is 0 Å². The summed E-state index contributed by atoms with van der Waals surface area (Å²) in [7, 11) is 0. The van der Waals surface area contributed by atoms with E-state index >= 15 is 0 Å². The van der Waals surface area contributed by atoms with Crippen molar-refractivity contribution < 1.29 is 9.90 Å². The molecule has 0 saturated carbocycles. The minimum Gasteiger partial charge on any atom is -0.391 e. The van der Waals surface area contributed by atoms with Crippen LogP contribution in [0, 0.1) is 0 Å². The largest absolute Gasteiger partial charge is 0.391 e. The van der Waals surface area contributed by atoms with E-state index in [-0.39, 0.29) is 11.6 Å². The number of halogens is 1. The molecule has 0 saturated heterocycles. The van der Waals surface area contributed by atoms with Gasteiger partial charge in [-0.2, -0.15) is 0 Å². The predicted octanol–water partition coefficient (Wildman–Crippen LogP) is 2.46. The summed E-state index contributed by atoms with van der Waals surface area (Å²) in [5, 5.41) is 13.3. The van der Waals surface area contributed by atoms with Crippen molar-refractivity contribution in [2.75, 3.05) is 0 Å². The number of aliphatic hydroxyl groups excluding tert-OH is 1. The Morgan fingerprint density at radius 3 is 2.71 bits per heavy atom. The molecule has 1 aromatic carbocycles. The molecule has 5 heteroatoms. The monoisotopic (exact) mass is 304 g/mol. The molecule has 2 unspecified atom stereocenters. The fraction of sp³-hybridized carbons (Fsp3) is 0.250. The second-order valence-corrected chi connectivity index (χ2v) is 5.31. The number of nitrogens with one attached hydrogen (secondary N) is 1. The van der Waals surface area contributed by atoms with Crippen molar-refractivity contribution in [3.8, 4) is 0 Å². The summed E-state index contributed by atoms with van der Waals surface area (Å²) in [6, 6.07) is 12.3. The topological polar surface area (TPSA) is 62.2 Å². The number of carbonyl (C=O) groups is 1. The molecular weight excluding hydrogens is 288 g/mol. The lowest BCUT2D eigenvalue weighted by atomic mass is 10.0. The Morgan fingerprint density at radius 1 is 1.33 bits per heavy atom. The predicted molar refractivity (Wildman–Crippen MR) is 82.3 cm³/mol. The molecule has 2 rings (SSSR count). The van der Waals surface area contributed by atoms with E-state index in [4.69, 9.17) is 11.6 Å². The van der Waals surface area contributed by atoms with Crippen molar-refractivity contribution in [2.24, 2.45) is 0 Å². The SMILES string of the molecule is CC(NC(=O)c1cc(Cl)ccn1)C(O)Cc1ccccc1. The van der Waals surface area contributed by atoms with Gasteiger partial charge in [0, 0.05) is 17.6 Å². The van der Waals surface area contributed by atoms with E-state index in [0.717, 1.165) is 5.56 Å². The number of benzene rings is 1. The van der Waals surface area contributed by atoms with Crippen LogP contribution in [0.25, 0.3) is 0 Å². The minimum absolute atomic E-state index is 0.237. The summed E-state index contributed by atoms with van der Waals surface area (Å²) in [5.74, 6) is -0.350. The molecule has 0 fully saturated rings. The van der Waals surface area contributed by atoms with Crippen LogP contribution in [0.2, 0.25) is 5.02 Å². The van der Waals surface area contributed by atoms with Gasteiger partial charge in [0.05, 0.1) is 12.1 Å². The molecule has 2 aromatic rings. The number of pyridine rings is 1. The van der Waals surface area contributed by atoms with Gasteiger partial charge in [-0.3, -0.25) is 9.78 Å². The molecular formula is C16H17ClN2O2. The molecule has 0 bridgehead atoms. The molecule has 0 radical (unpaired) electrons. The van der Waals surface area contributed by atoms with Gasteiger partial charge in [-0.15, -0.1) is 0 Å². The van der Waals surface area contributed by atoms with E-state index in [0.29, 0.717) is 11.4 Å². The Morgan fingerprint density at radius 2 is 2.05 bits per heavy atom. The van der Waals surface area contributed by atoms with E-state index in [1.54, 1.807) is 13.0 Å². The third kappa shape index (κ3) is 4.55. The second-order valence-electron chi connectivity index (χ2n) is 4.88. The van der Waals surface area contributed by atoms with Crippen molar-refractivity contribution in [3.63, 3.8) is 0 Å². The maximum Gasteiger partial charge on any atom is 0.270 e. The average Bonchev–Trinajstić information content (AvgIpc) is 2.48. The first kappa shape index (κ1) is 15.5. The number of aromatic nitrogens is 1. The molecule has 1 aromatic heterocycles. The van der Waals surface area contributed by atoms with E-state index in [9.17, 15) is 9.90 Å². The van der Waals surface area contributed by atoms with E-state index in [1.165, 1.54) is 12.3 Å². The van der Waals surface area contributed by atoms with Crippen LogP contribution in [0.3, 0.4) is 0 Å². The molecule has 0 aliphatic heterocycles. The van der Waals surface area contributed by atoms with Crippen molar-refractivity contribution >= 4 is 17.5 Å². The molecule has 1 heterocycles. The highest BCUT2D eigenvalue weighted by molar-refractivity contribution is 6.30. The summed E-state index contributed by atoms with van der Waals surface area (Å²) in [6.07, 6.45) is 1.28. The summed E-state index contributed by atoms with van der Waals surface area (Å²) >= 11 is 5.83. The van der Waals surface area contributed by atoms with E-state index < -0.39 is 12.1 Å². The van der Waals surface area contributed by atoms with Crippen LogP contribution >= 0.6 is 11.6 Å². The fourth-order valence-electron chi connectivity index (χ4n) is 1.94. The zero-order chi connectivity index (χ0) is 15.2. The van der Waals surface area contributed by atoms with Crippen LogP contribution in [-0.4, -0.2) is 28.1 Å². The molecule has 0 aliphatic carbocycles. The molecule has 110 valence electrons. The Kier molecular flexibility index (Phi) is 5.31. The number of nitrogens with zero attached hydrogens (tertiary/aromatic N) is 1. The molecule has 21 heavy (non-hydrogen) atoms. The summed E-state index contributed by atoms with van der Waals surface area (Å²) in [4.78, 5) is 16.0. The lowest BCUT2D eigenvalue weighted by Gasteiger charge is -2.20. The number of hydrogen-bond acceptors (Lipinski definition) is 3. The molecule has 1 amide bonds. The van der Waals surface area contributed by atoms with Crippen LogP contribution in [0.5, 0.6) is 0 Å². The van der Waals surface area contributed by atoms with Gasteiger partial charge in [0.25, 0.3) is 5.91 Å². The Labute approximate surface area is 128 Å². The number of carbonyl (C=O) groups excluding carboxylic acids is 1. The fourth-order valence-corrected chi connectivity index (χ4v) is 2.10. The van der Waals surface area contributed by atoms with E-state index in [2.05, 4.69) is 10.3 Å². The number of rotatable bonds is 5. The smallest absolute Gasteiger partial charge is 0.270 e. The quantitative estimate of drug-likeness (QED) is 0.892. The molecule has 0 aliphatic rings. The standard InChI is InChI=1S/C16H17ClN2O2/c1-11(15(20)9-12-5-3-2-4-6-12)19-16(21)14-10-13(17)7-8-18-14/h2-8,10-11,15,20H,9H2,1H3,(H,19,21). The third-order valence-corrected chi connectivity index (χ3v) is 3.41. The van der Waals surface area contributed by atoms with Crippen molar-refractivity contribution in [1.82, 2.24) is 10.3 Å². The van der Waals surface area contributed by atoms with Gasteiger partial charge in [-0.05, 0) is 24.6 Å². The van der Waals surface area contributed by atoms with Crippen LogP contribution in [0.1, 0.15) is 23.0 Å². The van der Waals surface area contributed by atoms with Crippen LogP contribution in [0.4, 0.5) is 0 Å². The number of hydrogen-bond donors (Lipinski definition) is 2. The maximum atomic E-state index is 12.0. The number of aliphatic hydroxyl groups is 1. The molecule has 2 atom stereocenters. The van der Waals surface area contributed by atoms with Gasteiger partial charge >= 0.3 is 0 Å².